The minimum absolute atomic E-state index is 0.211. The molecule has 6 nitrogen and oxygen atoms in total. The molecule has 1 aliphatic heterocycles. The fourth-order valence-corrected chi connectivity index (χ4v) is 2.67. The molecule has 2 rings (SSSR count). The Morgan fingerprint density at radius 3 is 2.50 bits per heavy atom. The van der Waals surface area contributed by atoms with Crippen LogP contribution < -0.4 is 5.32 Å². The molecule has 0 saturated carbocycles. The lowest BCUT2D eigenvalue weighted by Gasteiger charge is -2.20. The Labute approximate surface area is 150 Å². The first-order valence-corrected chi connectivity index (χ1v) is 8.35. The molecule has 1 aromatic carbocycles. The maximum atomic E-state index is 12.0. The third-order valence-electron chi connectivity index (χ3n) is 3.65. The van der Waals surface area contributed by atoms with E-state index < -0.39 is 18.0 Å². The topological polar surface area (TPSA) is 75.7 Å². The van der Waals surface area contributed by atoms with E-state index in [1.54, 1.807) is 4.90 Å². The van der Waals surface area contributed by atoms with Gasteiger partial charge in [-0.2, -0.15) is 0 Å². The third kappa shape index (κ3) is 4.85. The molecule has 1 unspecified atom stereocenters. The average Bonchev–Trinajstić information content (AvgIpc) is 3.08. The van der Waals surface area contributed by atoms with Crippen LogP contribution in [0.25, 0.3) is 0 Å². The number of esters is 1. The summed E-state index contributed by atoms with van der Waals surface area (Å²) in [4.78, 5) is 37.4. The molecule has 130 valence electrons. The van der Waals surface area contributed by atoms with Crippen LogP contribution >= 0.6 is 23.2 Å². The monoisotopic (exact) mass is 372 g/mol. The molecule has 8 heteroatoms. The number of nitrogens with one attached hydrogen (secondary N) is 1. The zero-order chi connectivity index (χ0) is 17.7. The smallest absolute Gasteiger partial charge is 0.326 e. The van der Waals surface area contributed by atoms with Crippen LogP contribution in [0.15, 0.2) is 18.2 Å². The molecule has 1 N–H and O–H groups in total. The number of ether oxygens (including phenoxy) is 1. The minimum Gasteiger partial charge on any atom is -0.451 e. The van der Waals surface area contributed by atoms with E-state index in [0.717, 1.165) is 12.8 Å². The molecule has 1 atom stereocenters. The van der Waals surface area contributed by atoms with E-state index in [1.807, 2.05) is 0 Å². The number of carbonyl (C=O) groups is 3. The van der Waals surface area contributed by atoms with Crippen molar-refractivity contribution in [2.75, 3.05) is 19.6 Å². The fourth-order valence-electron chi connectivity index (χ4n) is 2.38. The van der Waals surface area contributed by atoms with Crippen molar-refractivity contribution in [3.63, 3.8) is 0 Å². The molecule has 1 heterocycles. The number of benzene rings is 1. The number of amides is 2. The van der Waals surface area contributed by atoms with Gasteiger partial charge in [0.2, 0.25) is 0 Å². The van der Waals surface area contributed by atoms with E-state index in [-0.39, 0.29) is 23.0 Å². The summed E-state index contributed by atoms with van der Waals surface area (Å²) in [7, 11) is 0. The molecule has 24 heavy (non-hydrogen) atoms. The van der Waals surface area contributed by atoms with E-state index >= 15 is 0 Å². The predicted molar refractivity (Wildman–Crippen MR) is 90.2 cm³/mol. The highest BCUT2D eigenvalue weighted by molar-refractivity contribution is 6.42. The molecule has 1 saturated heterocycles. The van der Waals surface area contributed by atoms with Crippen molar-refractivity contribution < 1.29 is 19.1 Å². The lowest BCUT2D eigenvalue weighted by molar-refractivity contribution is -0.157. The van der Waals surface area contributed by atoms with Gasteiger partial charge in [0, 0.05) is 18.7 Å². The number of carbonyl (C=O) groups excluding carboxylic acids is 3. The third-order valence-corrected chi connectivity index (χ3v) is 4.39. The minimum atomic E-state index is -0.863. The summed E-state index contributed by atoms with van der Waals surface area (Å²) in [6.07, 6.45) is 1.07. The van der Waals surface area contributed by atoms with Gasteiger partial charge in [-0.15, -0.1) is 0 Å². The number of hydrogen-bond acceptors (Lipinski definition) is 4. The maximum Gasteiger partial charge on any atom is 0.326 e. The van der Waals surface area contributed by atoms with Crippen molar-refractivity contribution in [3.8, 4) is 0 Å². The molecular weight excluding hydrogens is 355 g/mol. The van der Waals surface area contributed by atoms with Gasteiger partial charge in [0.05, 0.1) is 10.0 Å². The van der Waals surface area contributed by atoms with Gasteiger partial charge in [-0.05, 0) is 38.0 Å². The van der Waals surface area contributed by atoms with E-state index in [4.69, 9.17) is 27.9 Å². The molecular formula is C16H18Cl2N2O4. The van der Waals surface area contributed by atoms with Crippen molar-refractivity contribution in [2.45, 2.75) is 25.9 Å². The van der Waals surface area contributed by atoms with Crippen LogP contribution in [0.2, 0.25) is 10.0 Å². The number of hydrogen-bond donors (Lipinski definition) is 1. The molecule has 0 spiro atoms. The van der Waals surface area contributed by atoms with Gasteiger partial charge in [-0.25, -0.2) is 0 Å². The number of rotatable bonds is 5. The zero-order valence-corrected chi connectivity index (χ0v) is 14.7. The van der Waals surface area contributed by atoms with E-state index in [2.05, 4.69) is 5.32 Å². The second-order valence-corrected chi connectivity index (χ2v) is 6.29. The molecule has 1 aliphatic rings. The summed E-state index contributed by atoms with van der Waals surface area (Å²) in [5.41, 5.74) is 0.276. The van der Waals surface area contributed by atoms with Gasteiger partial charge < -0.3 is 15.0 Å². The van der Waals surface area contributed by atoms with E-state index in [9.17, 15) is 14.4 Å². The Morgan fingerprint density at radius 1 is 1.21 bits per heavy atom. The van der Waals surface area contributed by atoms with Crippen molar-refractivity contribution >= 4 is 41.0 Å². The predicted octanol–water partition coefficient (Wildman–Crippen LogP) is 2.28. The van der Waals surface area contributed by atoms with Crippen LogP contribution in [-0.2, 0) is 14.3 Å². The lowest BCUT2D eigenvalue weighted by atomic mass is 10.2. The van der Waals surface area contributed by atoms with Crippen LogP contribution in [0.5, 0.6) is 0 Å². The Kier molecular flexibility index (Phi) is 6.45. The first-order chi connectivity index (χ1) is 11.4. The number of likely N-dealkylation sites (tertiary alicyclic amines) is 1. The summed E-state index contributed by atoms with van der Waals surface area (Å²) in [6.45, 7) is 2.57. The van der Waals surface area contributed by atoms with Crippen molar-refractivity contribution in [2.24, 2.45) is 0 Å². The van der Waals surface area contributed by atoms with E-state index in [1.165, 1.54) is 25.1 Å². The van der Waals surface area contributed by atoms with Gasteiger partial charge in [0.15, 0.2) is 6.10 Å². The Morgan fingerprint density at radius 2 is 1.88 bits per heavy atom. The van der Waals surface area contributed by atoms with Crippen LogP contribution in [0.4, 0.5) is 0 Å². The highest BCUT2D eigenvalue weighted by Gasteiger charge is 2.25. The molecule has 0 bridgehead atoms. The molecule has 1 fully saturated rings. The van der Waals surface area contributed by atoms with Crippen LogP contribution in [-0.4, -0.2) is 48.4 Å². The van der Waals surface area contributed by atoms with Crippen molar-refractivity contribution in [3.05, 3.63) is 33.8 Å². The summed E-state index contributed by atoms with van der Waals surface area (Å²) in [6, 6.07) is 4.40. The Balaban J connectivity index is 1.80. The second kappa shape index (κ2) is 8.35. The van der Waals surface area contributed by atoms with Gasteiger partial charge in [-0.1, -0.05) is 23.2 Å². The van der Waals surface area contributed by atoms with Crippen LogP contribution in [0, 0.1) is 0 Å². The van der Waals surface area contributed by atoms with E-state index in [0.29, 0.717) is 18.1 Å². The van der Waals surface area contributed by atoms with Gasteiger partial charge in [0.1, 0.15) is 6.54 Å². The number of nitrogens with zero attached hydrogens (tertiary/aromatic N) is 1. The van der Waals surface area contributed by atoms with Crippen molar-refractivity contribution in [1.82, 2.24) is 10.2 Å². The Hall–Kier alpha value is -1.79. The SMILES string of the molecule is CC(OC(=O)CNC(=O)c1ccc(Cl)c(Cl)c1)C(=O)N1CCCC1. The number of halogens is 2. The van der Waals surface area contributed by atoms with Gasteiger partial charge >= 0.3 is 5.97 Å². The normalized spacial score (nSPS) is 15.0. The molecule has 1 aromatic rings. The van der Waals surface area contributed by atoms with Gasteiger partial charge in [0.25, 0.3) is 11.8 Å². The molecule has 2 amide bonds. The quantitative estimate of drug-likeness (QED) is 0.804. The first kappa shape index (κ1) is 18.5. The van der Waals surface area contributed by atoms with Crippen LogP contribution in [0.3, 0.4) is 0 Å². The second-order valence-electron chi connectivity index (χ2n) is 5.48. The molecule has 0 aliphatic carbocycles. The first-order valence-electron chi connectivity index (χ1n) is 7.60. The maximum absolute atomic E-state index is 12.0. The largest absolute Gasteiger partial charge is 0.451 e. The standard InChI is InChI=1S/C16H18Cl2N2O4/c1-10(16(23)20-6-2-3-7-20)24-14(21)9-19-15(22)11-4-5-12(17)13(18)8-11/h4-5,8,10H,2-3,6-7,9H2,1H3,(H,19,22). The fraction of sp³-hybridized carbons (Fsp3) is 0.438. The Bertz CT molecular complexity index is 645. The highest BCUT2D eigenvalue weighted by atomic mass is 35.5. The summed E-state index contributed by atoms with van der Waals surface area (Å²) < 4.78 is 5.06. The lowest BCUT2D eigenvalue weighted by Crippen LogP contribution is -2.40. The summed E-state index contributed by atoms with van der Waals surface area (Å²) in [5, 5.41) is 3.00. The zero-order valence-electron chi connectivity index (χ0n) is 13.2. The summed E-state index contributed by atoms with van der Waals surface area (Å²) >= 11 is 11.6. The van der Waals surface area contributed by atoms with Gasteiger partial charge in [-0.3, -0.25) is 14.4 Å². The molecule has 0 aromatic heterocycles. The molecule has 0 radical (unpaired) electrons. The van der Waals surface area contributed by atoms with Crippen LogP contribution in [0.1, 0.15) is 30.1 Å². The van der Waals surface area contributed by atoms with Crippen molar-refractivity contribution in [1.29, 1.82) is 0 Å². The average molecular weight is 373 g/mol. The summed E-state index contributed by atoms with van der Waals surface area (Å²) in [5.74, 6) is -1.37. The highest BCUT2D eigenvalue weighted by Crippen LogP contribution is 2.22.